The topological polar surface area (TPSA) is 84.9 Å². The maximum atomic E-state index is 13.4. The van der Waals surface area contributed by atoms with Crippen LogP contribution in [0.5, 0.6) is 5.75 Å². The molecule has 1 aromatic carbocycles. The van der Waals surface area contributed by atoms with Crippen LogP contribution >= 0.6 is 0 Å². The number of anilines is 1. The van der Waals surface area contributed by atoms with Crippen LogP contribution in [-0.2, 0) is 19.6 Å². The van der Waals surface area contributed by atoms with Crippen molar-refractivity contribution in [1.82, 2.24) is 4.31 Å². The van der Waals surface area contributed by atoms with E-state index < -0.39 is 10.0 Å². The molecule has 4 bridgehead atoms. The average molecular weight is 449 g/mol. The van der Waals surface area contributed by atoms with Crippen molar-refractivity contribution in [2.75, 3.05) is 38.2 Å². The lowest BCUT2D eigenvalue weighted by molar-refractivity contribution is -0.140. The van der Waals surface area contributed by atoms with Crippen molar-refractivity contribution in [3.8, 4) is 5.75 Å². The highest BCUT2D eigenvalue weighted by molar-refractivity contribution is 7.89. The molecule has 1 saturated heterocycles. The second-order valence-corrected chi connectivity index (χ2v) is 11.7. The van der Waals surface area contributed by atoms with Gasteiger partial charge in [0, 0.05) is 18.8 Å². The Kier molecular flexibility index (Phi) is 5.51. The van der Waals surface area contributed by atoms with Crippen molar-refractivity contribution in [2.24, 2.45) is 23.2 Å². The van der Waals surface area contributed by atoms with Crippen molar-refractivity contribution in [3.63, 3.8) is 0 Å². The number of morpholine rings is 1. The highest BCUT2D eigenvalue weighted by Gasteiger charge is 2.54. The molecule has 4 saturated carbocycles. The minimum Gasteiger partial charge on any atom is -0.492 e. The number of hydrogen-bond donors (Lipinski definition) is 1. The van der Waals surface area contributed by atoms with Crippen LogP contribution in [-0.4, -0.2) is 51.5 Å². The Labute approximate surface area is 184 Å². The van der Waals surface area contributed by atoms with E-state index in [2.05, 4.69) is 5.32 Å². The molecule has 0 atom stereocenters. The molecule has 5 fully saturated rings. The van der Waals surface area contributed by atoms with Gasteiger partial charge in [-0.3, -0.25) is 4.79 Å². The van der Waals surface area contributed by atoms with Gasteiger partial charge in [0.05, 0.1) is 25.2 Å². The van der Waals surface area contributed by atoms with Crippen molar-refractivity contribution in [1.29, 1.82) is 0 Å². The van der Waals surface area contributed by atoms with E-state index in [-0.39, 0.29) is 16.2 Å². The zero-order chi connectivity index (χ0) is 21.6. The monoisotopic (exact) mass is 448 g/mol. The van der Waals surface area contributed by atoms with E-state index in [9.17, 15) is 13.2 Å². The first-order chi connectivity index (χ1) is 14.9. The lowest BCUT2D eigenvalue weighted by Gasteiger charge is -2.55. The number of carbonyl (C=O) groups is 1. The molecule has 31 heavy (non-hydrogen) atoms. The summed E-state index contributed by atoms with van der Waals surface area (Å²) in [6.07, 6.45) is 6.75. The van der Waals surface area contributed by atoms with E-state index in [4.69, 9.17) is 9.47 Å². The second kappa shape index (κ2) is 8.05. The van der Waals surface area contributed by atoms with Gasteiger partial charge in [0.25, 0.3) is 0 Å². The van der Waals surface area contributed by atoms with Gasteiger partial charge >= 0.3 is 0 Å². The minimum atomic E-state index is -3.74. The van der Waals surface area contributed by atoms with Crippen LogP contribution in [0.4, 0.5) is 5.69 Å². The van der Waals surface area contributed by atoms with Crippen LogP contribution in [0.2, 0.25) is 0 Å². The fraction of sp³-hybridized carbons (Fsp3) is 0.696. The summed E-state index contributed by atoms with van der Waals surface area (Å²) in [5, 5.41) is 3.08. The highest BCUT2D eigenvalue weighted by Crippen LogP contribution is 2.60. The van der Waals surface area contributed by atoms with Crippen molar-refractivity contribution >= 4 is 21.6 Å². The third-order valence-corrected chi connectivity index (χ3v) is 9.53. The lowest BCUT2D eigenvalue weighted by atomic mass is 9.49. The van der Waals surface area contributed by atoms with Gasteiger partial charge in [0.1, 0.15) is 10.6 Å². The zero-order valence-corrected chi connectivity index (χ0v) is 19.0. The Balaban J connectivity index is 1.41. The number of ether oxygens (including phenoxy) is 2. The predicted octanol–water partition coefficient (Wildman–Crippen LogP) is 3.26. The van der Waals surface area contributed by atoms with Crippen molar-refractivity contribution < 1.29 is 22.7 Å². The largest absolute Gasteiger partial charge is 0.492 e. The van der Waals surface area contributed by atoms with Gasteiger partial charge in [0.2, 0.25) is 15.9 Å². The van der Waals surface area contributed by atoms with Crippen molar-refractivity contribution in [3.05, 3.63) is 18.2 Å². The highest BCUT2D eigenvalue weighted by atomic mass is 32.2. The zero-order valence-electron chi connectivity index (χ0n) is 18.1. The average Bonchev–Trinajstić information content (AvgIpc) is 2.74. The van der Waals surface area contributed by atoms with Gasteiger partial charge in [-0.1, -0.05) is 0 Å². The first-order valence-corrected chi connectivity index (χ1v) is 13.0. The summed E-state index contributed by atoms with van der Waals surface area (Å²) in [7, 11) is -3.74. The standard InChI is InChI=1S/C23H32N2O5S/c1-2-30-20-4-3-19(12-21(20)31(27,28)25-5-7-29-8-6-25)24-22(26)23-13-16-9-17(14-23)11-18(10-16)15-23/h3-4,12,16-18H,2,5-11,13-15H2,1H3,(H,24,26). The second-order valence-electron chi connectivity index (χ2n) is 9.76. The molecule has 170 valence electrons. The van der Waals surface area contributed by atoms with Crippen LogP contribution in [0.3, 0.4) is 0 Å². The summed E-state index contributed by atoms with van der Waals surface area (Å²) < 4.78 is 39.0. The summed E-state index contributed by atoms with van der Waals surface area (Å²) in [5.41, 5.74) is 0.243. The normalized spacial score (nSPS) is 32.7. The Morgan fingerprint density at radius 2 is 1.74 bits per heavy atom. The van der Waals surface area contributed by atoms with Crippen LogP contribution in [0.1, 0.15) is 45.4 Å². The molecule has 1 aromatic rings. The Morgan fingerprint density at radius 1 is 1.13 bits per heavy atom. The van der Waals surface area contributed by atoms with E-state index in [1.807, 2.05) is 6.92 Å². The molecule has 7 nitrogen and oxygen atoms in total. The van der Waals surface area contributed by atoms with Crippen LogP contribution in [0, 0.1) is 23.2 Å². The smallest absolute Gasteiger partial charge is 0.246 e. The van der Waals surface area contributed by atoms with Gasteiger partial charge in [-0.25, -0.2) is 8.42 Å². The van der Waals surface area contributed by atoms with Crippen LogP contribution in [0.15, 0.2) is 23.1 Å². The summed E-state index contributed by atoms with van der Waals surface area (Å²) in [5.74, 6) is 2.41. The van der Waals surface area contributed by atoms with Crippen LogP contribution < -0.4 is 10.1 Å². The number of carbonyl (C=O) groups excluding carboxylic acids is 1. The molecular weight excluding hydrogens is 416 g/mol. The van der Waals surface area contributed by atoms with Gasteiger partial charge in [-0.2, -0.15) is 4.31 Å². The number of rotatable bonds is 6. The maximum absolute atomic E-state index is 13.4. The van der Waals surface area contributed by atoms with Gasteiger partial charge in [-0.15, -0.1) is 0 Å². The minimum absolute atomic E-state index is 0.0606. The first-order valence-electron chi connectivity index (χ1n) is 11.6. The Hall–Kier alpha value is -1.64. The molecule has 4 aliphatic carbocycles. The fourth-order valence-corrected chi connectivity index (χ4v) is 8.21. The van der Waals surface area contributed by atoms with E-state index in [1.54, 1.807) is 18.2 Å². The quantitative estimate of drug-likeness (QED) is 0.722. The number of amides is 1. The maximum Gasteiger partial charge on any atom is 0.246 e. The van der Waals surface area contributed by atoms with E-state index in [0.29, 0.717) is 62.1 Å². The summed E-state index contributed by atoms with van der Waals surface area (Å²) in [6.45, 7) is 3.59. The van der Waals surface area contributed by atoms with Gasteiger partial charge < -0.3 is 14.8 Å². The van der Waals surface area contributed by atoms with E-state index in [0.717, 1.165) is 19.3 Å². The number of benzene rings is 1. The lowest BCUT2D eigenvalue weighted by Crippen LogP contribution is -2.51. The third-order valence-electron chi connectivity index (χ3n) is 7.61. The van der Waals surface area contributed by atoms with Gasteiger partial charge in [-0.05, 0) is 81.4 Å². The Bertz CT molecular complexity index is 919. The molecule has 1 N–H and O–H groups in total. The third kappa shape index (κ3) is 3.87. The number of hydrogen-bond acceptors (Lipinski definition) is 5. The molecule has 0 aromatic heterocycles. The SMILES string of the molecule is CCOc1ccc(NC(=O)C23CC4CC(CC(C4)C2)C3)cc1S(=O)(=O)N1CCOCC1. The van der Waals surface area contributed by atoms with Crippen LogP contribution in [0.25, 0.3) is 0 Å². The molecule has 0 unspecified atom stereocenters. The molecule has 0 spiro atoms. The number of nitrogens with zero attached hydrogens (tertiary/aromatic N) is 1. The van der Waals surface area contributed by atoms with E-state index in [1.165, 1.54) is 23.6 Å². The molecule has 1 heterocycles. The summed E-state index contributed by atoms with van der Waals surface area (Å²) >= 11 is 0. The molecule has 6 rings (SSSR count). The number of nitrogens with one attached hydrogen (secondary N) is 1. The first kappa shape index (κ1) is 21.2. The molecular formula is C23H32N2O5S. The number of sulfonamides is 1. The fourth-order valence-electron chi connectivity index (χ4n) is 6.64. The molecule has 8 heteroatoms. The molecule has 0 radical (unpaired) electrons. The molecule has 1 aliphatic heterocycles. The summed E-state index contributed by atoms with van der Waals surface area (Å²) in [4.78, 5) is 13.5. The molecule has 1 amide bonds. The summed E-state index contributed by atoms with van der Waals surface area (Å²) in [6, 6.07) is 4.97. The van der Waals surface area contributed by atoms with Crippen molar-refractivity contribution in [2.45, 2.75) is 50.3 Å². The predicted molar refractivity (Wildman–Crippen MR) is 116 cm³/mol. The van der Waals surface area contributed by atoms with Gasteiger partial charge in [0.15, 0.2) is 0 Å². The molecule has 5 aliphatic rings. The van der Waals surface area contributed by atoms with E-state index >= 15 is 0 Å². The Morgan fingerprint density at radius 3 is 2.32 bits per heavy atom.